The maximum absolute atomic E-state index is 12.6. The number of hydrogen-bond acceptors (Lipinski definition) is 5. The minimum atomic E-state index is -0.865. The number of piperidine rings is 1. The summed E-state index contributed by atoms with van der Waals surface area (Å²) in [6.07, 6.45) is 6.98. The summed E-state index contributed by atoms with van der Waals surface area (Å²) in [5.74, 6) is 1.74. The summed E-state index contributed by atoms with van der Waals surface area (Å²) in [5.41, 5.74) is 0.879. The number of phenolic OH excluding ortho intramolecular Hbond substituents is 1. The molecule has 2 saturated heterocycles. The van der Waals surface area contributed by atoms with Gasteiger partial charge < -0.3 is 19.8 Å². The molecule has 3 aliphatic carbocycles. The maximum Gasteiger partial charge on any atom is 0.223 e. The first-order chi connectivity index (χ1) is 14.5. The van der Waals surface area contributed by atoms with Gasteiger partial charge in [-0.15, -0.1) is 0 Å². The Balaban J connectivity index is 1.39. The zero-order chi connectivity index (χ0) is 20.3. The third kappa shape index (κ3) is 2.00. The van der Waals surface area contributed by atoms with E-state index in [1.165, 1.54) is 18.4 Å². The first-order valence-electron chi connectivity index (χ1n) is 11.8. The van der Waals surface area contributed by atoms with Crippen LogP contribution in [-0.4, -0.2) is 69.3 Å². The molecular weight excluding hydrogens is 380 g/mol. The number of carbonyl (C=O) groups excluding carboxylic acids is 1. The number of aliphatic hydroxyl groups is 1. The summed E-state index contributed by atoms with van der Waals surface area (Å²) in [7, 11) is 0. The van der Waals surface area contributed by atoms with Crippen molar-refractivity contribution in [1.29, 1.82) is 0 Å². The van der Waals surface area contributed by atoms with Crippen LogP contribution in [0, 0.1) is 5.92 Å². The minimum Gasteiger partial charge on any atom is -0.504 e. The number of rotatable bonds is 3. The van der Waals surface area contributed by atoms with Crippen molar-refractivity contribution in [3.63, 3.8) is 0 Å². The van der Waals surface area contributed by atoms with Crippen molar-refractivity contribution >= 4 is 5.91 Å². The van der Waals surface area contributed by atoms with Crippen molar-refractivity contribution in [2.45, 2.75) is 80.6 Å². The van der Waals surface area contributed by atoms with Gasteiger partial charge >= 0.3 is 0 Å². The van der Waals surface area contributed by atoms with Crippen LogP contribution in [0.3, 0.4) is 0 Å². The third-order valence-corrected chi connectivity index (χ3v) is 9.24. The Bertz CT molecular complexity index is 945. The van der Waals surface area contributed by atoms with Crippen LogP contribution in [0.1, 0.15) is 56.1 Å². The lowest BCUT2D eigenvalue weighted by Gasteiger charge is -2.64. The molecule has 0 radical (unpaired) electrons. The number of likely N-dealkylation sites (tertiary alicyclic amines) is 2. The lowest BCUT2D eigenvalue weighted by molar-refractivity contribution is -0.200. The fraction of sp³-hybridized carbons (Fsp3) is 0.708. The summed E-state index contributed by atoms with van der Waals surface area (Å²) in [6, 6.07) is 3.87. The molecule has 1 aromatic carbocycles. The first-order valence-corrected chi connectivity index (χ1v) is 11.8. The Labute approximate surface area is 176 Å². The Morgan fingerprint density at radius 3 is 2.80 bits per heavy atom. The SMILES string of the molecule is O=C1CCCN1[C@H]1CC[C@@]2(O)[C@H]3Cc4ccc(O)c5c4[C@@]2(CCN3CC2CC2)[C@@H]1O5. The predicted octanol–water partition coefficient (Wildman–Crippen LogP) is 1.95. The van der Waals surface area contributed by atoms with Gasteiger partial charge in [-0.1, -0.05) is 6.07 Å². The Hall–Kier alpha value is -1.79. The Kier molecular flexibility index (Phi) is 3.40. The van der Waals surface area contributed by atoms with Crippen LogP contribution >= 0.6 is 0 Å². The standard InChI is InChI=1S/C24H30N2O4/c27-17-6-5-15-12-18-24(29)8-7-16(26-10-1-2-19(26)28)22-23(24,20(15)21(17)30-22)9-11-25(18)13-14-3-4-14/h5-6,14,16,18,22,27,29H,1-4,7-13H2/t16-,18+,22+,23-,24+/m0/s1. The first kappa shape index (κ1) is 17.8. The molecule has 3 heterocycles. The van der Waals surface area contributed by atoms with Gasteiger partial charge in [0.1, 0.15) is 6.10 Å². The van der Waals surface area contributed by atoms with E-state index in [1.54, 1.807) is 6.07 Å². The summed E-state index contributed by atoms with van der Waals surface area (Å²) >= 11 is 0. The number of amides is 1. The van der Waals surface area contributed by atoms with Gasteiger partial charge in [0.05, 0.1) is 17.1 Å². The highest BCUT2D eigenvalue weighted by Gasteiger charge is 2.73. The molecule has 2 N–H and O–H groups in total. The molecule has 6 nitrogen and oxygen atoms in total. The van der Waals surface area contributed by atoms with E-state index in [2.05, 4.69) is 4.90 Å². The summed E-state index contributed by atoms with van der Waals surface area (Å²) < 4.78 is 6.55. The second kappa shape index (κ2) is 5.71. The molecule has 160 valence electrons. The smallest absolute Gasteiger partial charge is 0.223 e. The van der Waals surface area contributed by atoms with Crippen LogP contribution < -0.4 is 4.74 Å². The van der Waals surface area contributed by atoms with Crippen molar-refractivity contribution in [1.82, 2.24) is 9.80 Å². The zero-order valence-electron chi connectivity index (χ0n) is 17.3. The zero-order valence-corrected chi connectivity index (χ0v) is 17.3. The molecule has 0 unspecified atom stereocenters. The predicted molar refractivity (Wildman–Crippen MR) is 110 cm³/mol. The molecule has 1 aromatic rings. The number of carbonyl (C=O) groups is 1. The van der Waals surface area contributed by atoms with E-state index in [1.807, 2.05) is 11.0 Å². The number of benzene rings is 1. The monoisotopic (exact) mass is 410 g/mol. The third-order valence-electron chi connectivity index (χ3n) is 9.24. The maximum atomic E-state index is 12.6. The van der Waals surface area contributed by atoms with E-state index in [4.69, 9.17) is 4.74 Å². The largest absolute Gasteiger partial charge is 0.504 e. The van der Waals surface area contributed by atoms with Crippen molar-refractivity contribution in [2.75, 3.05) is 19.6 Å². The summed E-state index contributed by atoms with van der Waals surface area (Å²) in [6.45, 7) is 2.83. The second-order valence-electron chi connectivity index (χ2n) is 10.6. The van der Waals surface area contributed by atoms with E-state index < -0.39 is 11.0 Å². The molecule has 0 aromatic heterocycles. The molecule has 6 heteroatoms. The highest BCUT2D eigenvalue weighted by atomic mass is 16.5. The lowest BCUT2D eigenvalue weighted by atomic mass is 9.48. The molecule has 7 rings (SSSR count). The quantitative estimate of drug-likeness (QED) is 0.797. The van der Waals surface area contributed by atoms with E-state index in [0.717, 1.165) is 56.8 Å². The van der Waals surface area contributed by atoms with Crippen LogP contribution in [0.4, 0.5) is 0 Å². The molecule has 4 fully saturated rings. The van der Waals surface area contributed by atoms with Gasteiger partial charge in [-0.2, -0.15) is 0 Å². The number of aromatic hydroxyl groups is 1. The summed E-state index contributed by atoms with van der Waals surface area (Å²) in [4.78, 5) is 17.2. The summed E-state index contributed by atoms with van der Waals surface area (Å²) in [5, 5.41) is 23.1. The molecule has 5 atom stereocenters. The molecule has 6 aliphatic rings. The van der Waals surface area contributed by atoms with E-state index in [9.17, 15) is 15.0 Å². The fourth-order valence-electron chi connectivity index (χ4n) is 7.79. The van der Waals surface area contributed by atoms with Gasteiger partial charge in [-0.25, -0.2) is 0 Å². The Morgan fingerprint density at radius 2 is 2.03 bits per heavy atom. The van der Waals surface area contributed by atoms with Crippen LogP contribution in [0.5, 0.6) is 11.5 Å². The van der Waals surface area contributed by atoms with E-state index >= 15 is 0 Å². The van der Waals surface area contributed by atoms with Gasteiger partial charge in [0, 0.05) is 31.1 Å². The highest BCUT2D eigenvalue weighted by molar-refractivity contribution is 5.79. The number of hydrogen-bond donors (Lipinski definition) is 2. The van der Waals surface area contributed by atoms with Crippen molar-refractivity contribution in [2.24, 2.45) is 5.92 Å². The average Bonchev–Trinajstić information content (AvgIpc) is 3.32. The highest BCUT2D eigenvalue weighted by Crippen LogP contribution is 2.66. The average molecular weight is 411 g/mol. The molecule has 2 bridgehead atoms. The van der Waals surface area contributed by atoms with Crippen LogP contribution in [0.25, 0.3) is 0 Å². The van der Waals surface area contributed by atoms with Crippen molar-refractivity contribution < 1.29 is 19.7 Å². The molecule has 2 saturated carbocycles. The van der Waals surface area contributed by atoms with Gasteiger partial charge in [0.25, 0.3) is 0 Å². The van der Waals surface area contributed by atoms with E-state index in [-0.39, 0.29) is 29.8 Å². The van der Waals surface area contributed by atoms with E-state index in [0.29, 0.717) is 18.6 Å². The second-order valence-corrected chi connectivity index (χ2v) is 10.6. The van der Waals surface area contributed by atoms with Gasteiger partial charge in [0.2, 0.25) is 5.91 Å². The molecule has 3 aliphatic heterocycles. The van der Waals surface area contributed by atoms with Gasteiger partial charge in [-0.05, 0) is 69.0 Å². The van der Waals surface area contributed by atoms with Gasteiger partial charge in [0.15, 0.2) is 11.5 Å². The van der Waals surface area contributed by atoms with Gasteiger partial charge in [-0.3, -0.25) is 9.69 Å². The van der Waals surface area contributed by atoms with Crippen LogP contribution in [0.2, 0.25) is 0 Å². The number of phenols is 1. The number of ether oxygens (including phenoxy) is 1. The van der Waals surface area contributed by atoms with Crippen molar-refractivity contribution in [3.05, 3.63) is 23.3 Å². The number of nitrogens with zero attached hydrogens (tertiary/aromatic N) is 2. The minimum absolute atomic E-state index is 0.0198. The normalized spacial score (nSPS) is 41.7. The molecule has 30 heavy (non-hydrogen) atoms. The van der Waals surface area contributed by atoms with Crippen molar-refractivity contribution in [3.8, 4) is 11.5 Å². The molecular formula is C24H30N2O4. The lowest BCUT2D eigenvalue weighted by Crippen LogP contribution is -2.78. The molecule has 1 amide bonds. The fourth-order valence-corrected chi connectivity index (χ4v) is 7.79. The van der Waals surface area contributed by atoms with Crippen LogP contribution in [0.15, 0.2) is 12.1 Å². The topological polar surface area (TPSA) is 73.2 Å². The Morgan fingerprint density at radius 1 is 1.17 bits per heavy atom. The molecule has 1 spiro atoms. The van der Waals surface area contributed by atoms with Crippen LogP contribution in [-0.2, 0) is 16.6 Å².